The molecule has 1 N–H and O–H groups in total. The molecule has 2 heterocycles. The molecule has 5 nitrogen and oxygen atoms in total. The van der Waals surface area contributed by atoms with Crippen molar-refractivity contribution in [1.29, 1.82) is 0 Å². The molecule has 0 fully saturated rings. The summed E-state index contributed by atoms with van der Waals surface area (Å²) >= 11 is 1.54. The van der Waals surface area contributed by atoms with Crippen LogP contribution in [0.1, 0.15) is 34.3 Å². The number of anilines is 1. The van der Waals surface area contributed by atoms with Crippen LogP contribution in [0, 0.1) is 6.92 Å². The van der Waals surface area contributed by atoms with Crippen LogP contribution < -0.4 is 5.32 Å². The molecule has 4 rings (SSSR count). The van der Waals surface area contributed by atoms with E-state index in [1.807, 2.05) is 25.1 Å². The molecule has 0 unspecified atom stereocenters. The highest BCUT2D eigenvalue weighted by atomic mass is 32.1. The quantitative estimate of drug-likeness (QED) is 0.437. The number of benzene rings is 2. The number of carbonyl (C=O) groups is 1. The summed E-state index contributed by atoms with van der Waals surface area (Å²) in [5.41, 5.74) is 5.76. The molecule has 30 heavy (non-hydrogen) atoms. The first-order valence-corrected chi connectivity index (χ1v) is 10.8. The number of amides is 1. The van der Waals surface area contributed by atoms with Crippen molar-refractivity contribution in [3.63, 3.8) is 0 Å². The predicted molar refractivity (Wildman–Crippen MR) is 123 cm³/mol. The van der Waals surface area contributed by atoms with Gasteiger partial charge in [0.05, 0.1) is 11.9 Å². The highest BCUT2D eigenvalue weighted by molar-refractivity contribution is 7.16. The second-order valence-corrected chi connectivity index (χ2v) is 8.32. The molecule has 0 aliphatic heterocycles. The first-order chi connectivity index (χ1) is 14.6. The van der Waals surface area contributed by atoms with Crippen LogP contribution in [-0.4, -0.2) is 20.7 Å². The minimum absolute atomic E-state index is 0.185. The molecule has 0 saturated heterocycles. The average molecular weight is 417 g/mol. The lowest BCUT2D eigenvalue weighted by Gasteiger charge is -2.05. The van der Waals surface area contributed by atoms with Gasteiger partial charge in [-0.1, -0.05) is 67.9 Å². The van der Waals surface area contributed by atoms with Gasteiger partial charge in [0.25, 0.3) is 5.91 Å². The number of carbonyl (C=O) groups excluding carboxylic acids is 1. The van der Waals surface area contributed by atoms with Crippen LogP contribution in [0.4, 0.5) is 5.13 Å². The van der Waals surface area contributed by atoms with Crippen molar-refractivity contribution in [1.82, 2.24) is 14.8 Å². The fourth-order valence-electron chi connectivity index (χ4n) is 3.51. The van der Waals surface area contributed by atoms with E-state index in [1.165, 1.54) is 16.0 Å². The Labute approximate surface area is 180 Å². The summed E-state index contributed by atoms with van der Waals surface area (Å²) in [6.45, 7) is 4.03. The SMILES string of the molecule is CCCc1sc(NC(=O)c2c(C)cnn2C)nc1-c1ccc(-c2ccccc2)cc1. The summed E-state index contributed by atoms with van der Waals surface area (Å²) in [5, 5.41) is 7.73. The Hall–Kier alpha value is -3.25. The zero-order valence-electron chi connectivity index (χ0n) is 17.3. The molecule has 2 aromatic heterocycles. The van der Waals surface area contributed by atoms with E-state index < -0.39 is 0 Å². The molecule has 0 bridgehead atoms. The van der Waals surface area contributed by atoms with Gasteiger partial charge in [-0.15, -0.1) is 11.3 Å². The number of nitrogens with zero attached hydrogens (tertiary/aromatic N) is 3. The third-order valence-electron chi connectivity index (χ3n) is 5.00. The lowest BCUT2D eigenvalue weighted by atomic mass is 10.0. The number of hydrogen-bond acceptors (Lipinski definition) is 4. The van der Waals surface area contributed by atoms with Crippen LogP contribution in [0.15, 0.2) is 60.8 Å². The Bertz CT molecular complexity index is 1140. The molecule has 2 aromatic carbocycles. The van der Waals surface area contributed by atoms with E-state index in [2.05, 4.69) is 53.7 Å². The van der Waals surface area contributed by atoms with E-state index in [1.54, 1.807) is 29.3 Å². The van der Waals surface area contributed by atoms with E-state index in [4.69, 9.17) is 4.98 Å². The van der Waals surface area contributed by atoms with E-state index in [0.29, 0.717) is 10.8 Å². The molecule has 6 heteroatoms. The van der Waals surface area contributed by atoms with Gasteiger partial charge in [-0.25, -0.2) is 4.98 Å². The fraction of sp³-hybridized carbons (Fsp3) is 0.208. The normalized spacial score (nSPS) is 10.9. The average Bonchev–Trinajstić information content (AvgIpc) is 3.31. The van der Waals surface area contributed by atoms with Crippen LogP contribution in [0.2, 0.25) is 0 Å². The van der Waals surface area contributed by atoms with Gasteiger partial charge in [0.15, 0.2) is 5.13 Å². The molecular weight excluding hydrogens is 392 g/mol. The number of aryl methyl sites for hydroxylation is 3. The van der Waals surface area contributed by atoms with E-state index in [-0.39, 0.29) is 5.91 Å². The summed E-state index contributed by atoms with van der Waals surface area (Å²) in [4.78, 5) is 18.7. The molecule has 1 amide bonds. The zero-order chi connectivity index (χ0) is 21.1. The van der Waals surface area contributed by atoms with Crippen molar-refractivity contribution in [2.45, 2.75) is 26.7 Å². The maximum absolute atomic E-state index is 12.7. The minimum atomic E-state index is -0.185. The minimum Gasteiger partial charge on any atom is -0.296 e. The fourth-order valence-corrected chi connectivity index (χ4v) is 4.59. The molecular formula is C24H24N4OS. The van der Waals surface area contributed by atoms with Gasteiger partial charge >= 0.3 is 0 Å². The Morgan fingerprint density at radius 2 is 1.70 bits per heavy atom. The van der Waals surface area contributed by atoms with E-state index >= 15 is 0 Å². The zero-order valence-corrected chi connectivity index (χ0v) is 18.2. The molecule has 0 saturated carbocycles. The third kappa shape index (κ3) is 4.04. The van der Waals surface area contributed by atoms with E-state index in [9.17, 15) is 4.79 Å². The highest BCUT2D eigenvalue weighted by Gasteiger charge is 2.18. The molecule has 0 aliphatic carbocycles. The predicted octanol–water partition coefficient (Wildman–Crippen LogP) is 5.72. The van der Waals surface area contributed by atoms with Crippen LogP contribution in [-0.2, 0) is 13.5 Å². The summed E-state index contributed by atoms with van der Waals surface area (Å²) < 4.78 is 1.59. The first-order valence-electron chi connectivity index (χ1n) is 10.0. The van der Waals surface area contributed by atoms with Crippen molar-refractivity contribution in [3.05, 3.63) is 76.9 Å². The molecule has 0 atom stereocenters. The smallest absolute Gasteiger partial charge is 0.275 e. The van der Waals surface area contributed by atoms with Crippen LogP contribution in [0.25, 0.3) is 22.4 Å². The first kappa shape index (κ1) is 20.0. The van der Waals surface area contributed by atoms with Crippen LogP contribution in [0.5, 0.6) is 0 Å². The number of thiazole rings is 1. The monoisotopic (exact) mass is 416 g/mol. The van der Waals surface area contributed by atoms with Crippen molar-refractivity contribution in [2.75, 3.05) is 5.32 Å². The number of nitrogens with one attached hydrogen (secondary N) is 1. The van der Waals surface area contributed by atoms with Gasteiger partial charge in [-0.2, -0.15) is 5.10 Å². The van der Waals surface area contributed by atoms with Gasteiger partial charge < -0.3 is 0 Å². The molecule has 0 aliphatic rings. The van der Waals surface area contributed by atoms with Gasteiger partial charge in [0, 0.05) is 17.5 Å². The number of hydrogen-bond donors (Lipinski definition) is 1. The second-order valence-electron chi connectivity index (χ2n) is 7.24. The lowest BCUT2D eigenvalue weighted by molar-refractivity contribution is 0.101. The van der Waals surface area contributed by atoms with E-state index in [0.717, 1.165) is 29.7 Å². The lowest BCUT2D eigenvalue weighted by Crippen LogP contribution is -2.17. The summed E-state index contributed by atoms with van der Waals surface area (Å²) in [7, 11) is 1.77. The summed E-state index contributed by atoms with van der Waals surface area (Å²) in [6.07, 6.45) is 3.64. The van der Waals surface area contributed by atoms with Gasteiger partial charge in [0.2, 0.25) is 0 Å². The molecule has 152 valence electrons. The Kier molecular flexibility index (Phi) is 5.77. The Morgan fingerprint density at radius 1 is 1.03 bits per heavy atom. The maximum Gasteiger partial charge on any atom is 0.275 e. The standard InChI is InChI=1S/C24H24N4OS/c1-4-8-20-21(19-13-11-18(12-14-19)17-9-6-5-7-10-17)26-24(30-20)27-23(29)22-16(2)15-25-28(22)3/h5-7,9-15H,4,8H2,1-3H3,(H,26,27,29). The van der Waals surface area contributed by atoms with Gasteiger partial charge in [-0.3, -0.25) is 14.8 Å². The largest absolute Gasteiger partial charge is 0.296 e. The summed E-state index contributed by atoms with van der Waals surface area (Å²) in [5.74, 6) is -0.185. The maximum atomic E-state index is 12.7. The van der Waals surface area contributed by atoms with Crippen molar-refractivity contribution < 1.29 is 4.79 Å². The van der Waals surface area contributed by atoms with Crippen LogP contribution in [0.3, 0.4) is 0 Å². The number of rotatable bonds is 6. The topological polar surface area (TPSA) is 59.8 Å². The molecule has 0 radical (unpaired) electrons. The van der Waals surface area contributed by atoms with Crippen molar-refractivity contribution in [3.8, 4) is 22.4 Å². The van der Waals surface area contributed by atoms with Gasteiger partial charge in [0.1, 0.15) is 5.69 Å². The molecule has 0 spiro atoms. The molecule has 4 aromatic rings. The van der Waals surface area contributed by atoms with Gasteiger partial charge in [-0.05, 0) is 30.0 Å². The Morgan fingerprint density at radius 3 is 2.33 bits per heavy atom. The van der Waals surface area contributed by atoms with Crippen LogP contribution >= 0.6 is 11.3 Å². The van der Waals surface area contributed by atoms with Crippen molar-refractivity contribution in [2.24, 2.45) is 7.05 Å². The summed E-state index contributed by atoms with van der Waals surface area (Å²) in [6, 6.07) is 18.8. The van der Waals surface area contributed by atoms with Crippen molar-refractivity contribution >= 4 is 22.4 Å². The number of aromatic nitrogens is 3. The highest BCUT2D eigenvalue weighted by Crippen LogP contribution is 2.33. The second kappa shape index (κ2) is 8.63. The third-order valence-corrected chi connectivity index (χ3v) is 6.03. The Balaban J connectivity index is 1.62.